The smallest absolute Gasteiger partial charge is 0.257 e. The van der Waals surface area contributed by atoms with Crippen LogP contribution in [0, 0.1) is 0 Å². The van der Waals surface area contributed by atoms with Crippen LogP contribution >= 0.6 is 0 Å². The first kappa shape index (κ1) is 20.6. The molecule has 2 aromatic rings. The van der Waals surface area contributed by atoms with Gasteiger partial charge in [-0.2, -0.15) is 0 Å². The van der Waals surface area contributed by atoms with Crippen LogP contribution in [0.3, 0.4) is 0 Å². The molecule has 3 amide bonds. The normalized spacial score (nSPS) is 16.2. The van der Waals surface area contributed by atoms with Gasteiger partial charge in [-0.1, -0.05) is 37.3 Å². The molecule has 1 aliphatic heterocycles. The number of hydrogen-bond donors (Lipinski definition) is 0. The Kier molecular flexibility index (Phi) is 6.65. The molecule has 0 saturated carbocycles. The average Bonchev–Trinajstić information content (AvgIpc) is 3.01. The predicted molar refractivity (Wildman–Crippen MR) is 111 cm³/mol. The molecule has 0 radical (unpaired) electrons. The van der Waals surface area contributed by atoms with Gasteiger partial charge in [-0.3, -0.25) is 14.4 Å². The van der Waals surface area contributed by atoms with Gasteiger partial charge in [0.2, 0.25) is 11.8 Å². The maximum atomic E-state index is 13.0. The molecule has 1 heterocycles. The highest BCUT2D eigenvalue weighted by Gasteiger charge is 2.43. The molecule has 0 aromatic heterocycles. The van der Waals surface area contributed by atoms with Gasteiger partial charge in [0.05, 0.1) is 18.7 Å². The van der Waals surface area contributed by atoms with Crippen molar-refractivity contribution in [2.75, 3.05) is 18.1 Å². The Morgan fingerprint density at radius 3 is 2.41 bits per heavy atom. The summed E-state index contributed by atoms with van der Waals surface area (Å²) in [7, 11) is 0. The first-order valence-electron chi connectivity index (χ1n) is 9.92. The van der Waals surface area contributed by atoms with Crippen LogP contribution in [0.15, 0.2) is 54.6 Å². The van der Waals surface area contributed by atoms with Crippen molar-refractivity contribution in [3.63, 3.8) is 0 Å². The monoisotopic (exact) mass is 394 g/mol. The molecule has 0 spiro atoms. The first-order valence-corrected chi connectivity index (χ1v) is 9.92. The third-order valence-corrected chi connectivity index (χ3v) is 4.96. The quantitative estimate of drug-likeness (QED) is 0.645. The van der Waals surface area contributed by atoms with Crippen molar-refractivity contribution in [3.05, 3.63) is 60.2 Å². The Labute approximate surface area is 171 Å². The second-order valence-electron chi connectivity index (χ2n) is 7.08. The zero-order valence-corrected chi connectivity index (χ0v) is 16.8. The molecule has 152 valence electrons. The summed E-state index contributed by atoms with van der Waals surface area (Å²) in [6.07, 6.45) is 1.53. The Morgan fingerprint density at radius 2 is 1.79 bits per heavy atom. The molecule has 6 nitrogen and oxygen atoms in total. The number of carbonyl (C=O) groups excluding carboxylic acids is 3. The molecular formula is C23H26N2O4. The van der Waals surface area contributed by atoms with Gasteiger partial charge in [-0.25, -0.2) is 4.90 Å². The number of amides is 3. The maximum Gasteiger partial charge on any atom is 0.257 e. The summed E-state index contributed by atoms with van der Waals surface area (Å²) in [5.41, 5.74) is 1.58. The van der Waals surface area contributed by atoms with Gasteiger partial charge in [-0.05, 0) is 42.7 Å². The van der Waals surface area contributed by atoms with E-state index in [9.17, 15) is 14.4 Å². The van der Waals surface area contributed by atoms with E-state index in [0.717, 1.165) is 12.0 Å². The molecule has 6 heteroatoms. The summed E-state index contributed by atoms with van der Waals surface area (Å²) in [6.45, 7) is 4.46. The number of carbonyl (C=O) groups is 3. The molecule has 2 aromatic carbocycles. The molecule has 3 rings (SSSR count). The standard InChI is InChI=1S/C23H26N2O4/c1-3-15-29-20-11-9-19(10-12-20)25-22(27)16-21(23(25)28)24(17(2)26)14-13-18-7-5-4-6-8-18/h4-12,21H,3,13-16H2,1-2H3. The fourth-order valence-corrected chi connectivity index (χ4v) is 3.47. The Hall–Kier alpha value is -3.15. The van der Waals surface area contributed by atoms with E-state index in [1.54, 1.807) is 24.3 Å². The second kappa shape index (κ2) is 9.37. The van der Waals surface area contributed by atoms with Crippen molar-refractivity contribution < 1.29 is 19.1 Å². The zero-order valence-electron chi connectivity index (χ0n) is 16.8. The highest BCUT2D eigenvalue weighted by molar-refractivity contribution is 6.23. The first-order chi connectivity index (χ1) is 14.0. The number of imide groups is 1. The van der Waals surface area contributed by atoms with Gasteiger partial charge in [0.25, 0.3) is 5.91 Å². The Balaban J connectivity index is 1.72. The summed E-state index contributed by atoms with van der Waals surface area (Å²) in [5.74, 6) is -0.176. The van der Waals surface area contributed by atoms with Gasteiger partial charge in [0.15, 0.2) is 0 Å². The number of anilines is 1. The maximum absolute atomic E-state index is 13.0. The van der Waals surface area contributed by atoms with E-state index in [-0.39, 0.29) is 24.1 Å². The third kappa shape index (κ3) is 4.83. The van der Waals surface area contributed by atoms with E-state index < -0.39 is 6.04 Å². The van der Waals surface area contributed by atoms with Gasteiger partial charge in [0, 0.05) is 13.5 Å². The highest BCUT2D eigenvalue weighted by atomic mass is 16.5. The van der Waals surface area contributed by atoms with E-state index in [1.165, 1.54) is 16.7 Å². The minimum absolute atomic E-state index is 0.00128. The fraction of sp³-hybridized carbons (Fsp3) is 0.348. The van der Waals surface area contributed by atoms with Gasteiger partial charge in [0.1, 0.15) is 11.8 Å². The molecule has 1 fully saturated rings. The van der Waals surface area contributed by atoms with Gasteiger partial charge >= 0.3 is 0 Å². The summed E-state index contributed by atoms with van der Waals surface area (Å²) < 4.78 is 5.55. The fourth-order valence-electron chi connectivity index (χ4n) is 3.47. The minimum Gasteiger partial charge on any atom is -0.494 e. The molecule has 1 saturated heterocycles. The number of hydrogen-bond acceptors (Lipinski definition) is 4. The van der Waals surface area contributed by atoms with Crippen LogP contribution in [-0.4, -0.2) is 41.8 Å². The van der Waals surface area contributed by atoms with Crippen molar-refractivity contribution in [2.24, 2.45) is 0 Å². The van der Waals surface area contributed by atoms with Crippen molar-refractivity contribution >= 4 is 23.4 Å². The lowest BCUT2D eigenvalue weighted by molar-refractivity contribution is -0.136. The zero-order chi connectivity index (χ0) is 20.8. The van der Waals surface area contributed by atoms with Crippen LogP contribution in [0.2, 0.25) is 0 Å². The lowest BCUT2D eigenvalue weighted by Gasteiger charge is -2.26. The van der Waals surface area contributed by atoms with Crippen LogP contribution < -0.4 is 9.64 Å². The summed E-state index contributed by atoms with van der Waals surface area (Å²) >= 11 is 0. The third-order valence-electron chi connectivity index (χ3n) is 4.96. The van der Waals surface area contributed by atoms with Crippen LogP contribution in [0.4, 0.5) is 5.69 Å². The van der Waals surface area contributed by atoms with Crippen LogP contribution in [0.1, 0.15) is 32.3 Å². The number of benzene rings is 2. The van der Waals surface area contributed by atoms with Crippen LogP contribution in [-0.2, 0) is 20.8 Å². The largest absolute Gasteiger partial charge is 0.494 e. The second-order valence-corrected chi connectivity index (χ2v) is 7.08. The van der Waals surface area contributed by atoms with Gasteiger partial charge < -0.3 is 9.64 Å². The highest BCUT2D eigenvalue weighted by Crippen LogP contribution is 2.27. The van der Waals surface area contributed by atoms with Gasteiger partial charge in [-0.15, -0.1) is 0 Å². The number of nitrogens with zero attached hydrogens (tertiary/aromatic N) is 2. The molecule has 0 aliphatic carbocycles. The lowest BCUT2D eigenvalue weighted by atomic mass is 10.1. The molecule has 1 atom stereocenters. The molecule has 0 N–H and O–H groups in total. The molecule has 1 aliphatic rings. The number of rotatable bonds is 8. The molecular weight excluding hydrogens is 368 g/mol. The van der Waals surface area contributed by atoms with Crippen LogP contribution in [0.5, 0.6) is 5.75 Å². The minimum atomic E-state index is -0.764. The summed E-state index contributed by atoms with van der Waals surface area (Å²) in [5, 5.41) is 0. The molecule has 29 heavy (non-hydrogen) atoms. The topological polar surface area (TPSA) is 66.9 Å². The molecule has 0 bridgehead atoms. The van der Waals surface area contributed by atoms with E-state index in [0.29, 0.717) is 31.0 Å². The lowest BCUT2D eigenvalue weighted by Crippen LogP contribution is -2.45. The van der Waals surface area contributed by atoms with E-state index in [2.05, 4.69) is 0 Å². The van der Waals surface area contributed by atoms with E-state index in [1.807, 2.05) is 37.3 Å². The van der Waals surface area contributed by atoms with Crippen molar-refractivity contribution in [3.8, 4) is 5.75 Å². The average molecular weight is 394 g/mol. The van der Waals surface area contributed by atoms with Crippen LogP contribution in [0.25, 0.3) is 0 Å². The van der Waals surface area contributed by atoms with E-state index in [4.69, 9.17) is 4.74 Å². The van der Waals surface area contributed by atoms with Crippen molar-refractivity contribution in [2.45, 2.75) is 39.2 Å². The summed E-state index contributed by atoms with van der Waals surface area (Å²) in [6, 6.07) is 15.9. The SMILES string of the molecule is CCCOc1ccc(N2C(=O)CC(N(CCc3ccccc3)C(C)=O)C2=O)cc1. The van der Waals surface area contributed by atoms with Crippen molar-refractivity contribution in [1.82, 2.24) is 4.90 Å². The summed E-state index contributed by atoms with van der Waals surface area (Å²) in [4.78, 5) is 40.5. The Bertz CT molecular complexity index is 864. The predicted octanol–water partition coefficient (Wildman–Crippen LogP) is 3.20. The Morgan fingerprint density at radius 1 is 1.10 bits per heavy atom. The molecule has 1 unspecified atom stereocenters. The van der Waals surface area contributed by atoms with E-state index >= 15 is 0 Å². The number of ether oxygens (including phenoxy) is 1. The van der Waals surface area contributed by atoms with Crippen molar-refractivity contribution in [1.29, 1.82) is 0 Å².